The second-order valence-corrected chi connectivity index (χ2v) is 4.76. The smallest absolute Gasteiger partial charge is 0.338 e. The molecule has 25 heavy (non-hydrogen) atoms. The lowest BCUT2D eigenvalue weighted by molar-refractivity contribution is -0.393. The van der Waals surface area contributed by atoms with Crippen molar-refractivity contribution in [2.45, 2.75) is 6.92 Å². The van der Waals surface area contributed by atoms with Gasteiger partial charge in [-0.05, 0) is 37.3 Å². The van der Waals surface area contributed by atoms with Crippen LogP contribution >= 0.6 is 0 Å². The summed E-state index contributed by atoms with van der Waals surface area (Å²) in [5.74, 6) is -0.451. The zero-order valence-corrected chi connectivity index (χ0v) is 13.1. The van der Waals surface area contributed by atoms with E-state index in [1.165, 1.54) is 18.2 Å². The van der Waals surface area contributed by atoms with Gasteiger partial charge in [0.2, 0.25) is 0 Å². The molecule has 2 rings (SSSR count). The highest BCUT2D eigenvalue weighted by molar-refractivity contribution is 5.89. The van der Waals surface area contributed by atoms with E-state index in [9.17, 15) is 25.0 Å². The maximum Gasteiger partial charge on any atom is 0.338 e. The summed E-state index contributed by atoms with van der Waals surface area (Å²) in [6.07, 6.45) is 0. The summed E-state index contributed by atoms with van der Waals surface area (Å²) in [5.41, 5.74) is 5.49. The SMILES string of the molecule is CCOC(=O)c1ccc(NNc2ccc([N+](=O)[O-])cc2[N+](=O)[O-])cc1. The molecule has 0 saturated carbocycles. The second kappa shape index (κ2) is 7.73. The molecule has 0 spiro atoms. The van der Waals surface area contributed by atoms with Gasteiger partial charge in [0.25, 0.3) is 5.69 Å². The summed E-state index contributed by atoms with van der Waals surface area (Å²) in [6, 6.07) is 9.48. The summed E-state index contributed by atoms with van der Waals surface area (Å²) >= 11 is 0. The van der Waals surface area contributed by atoms with Gasteiger partial charge in [0.1, 0.15) is 5.69 Å². The van der Waals surface area contributed by atoms with E-state index in [0.717, 1.165) is 12.1 Å². The normalized spacial score (nSPS) is 9.96. The van der Waals surface area contributed by atoms with Crippen molar-refractivity contribution in [3.8, 4) is 0 Å². The lowest BCUT2D eigenvalue weighted by Crippen LogP contribution is -2.11. The Balaban J connectivity index is 2.12. The molecular formula is C15H14N4O6. The van der Waals surface area contributed by atoms with Gasteiger partial charge in [0.05, 0.1) is 33.8 Å². The summed E-state index contributed by atoms with van der Waals surface area (Å²) < 4.78 is 4.86. The molecule has 10 nitrogen and oxygen atoms in total. The van der Waals surface area contributed by atoms with E-state index in [0.29, 0.717) is 11.3 Å². The van der Waals surface area contributed by atoms with Crippen LogP contribution in [0.4, 0.5) is 22.7 Å². The molecule has 0 aliphatic rings. The van der Waals surface area contributed by atoms with Crippen molar-refractivity contribution < 1.29 is 19.4 Å². The predicted molar refractivity (Wildman–Crippen MR) is 89.4 cm³/mol. The van der Waals surface area contributed by atoms with E-state index in [1.807, 2.05) is 0 Å². The molecule has 2 N–H and O–H groups in total. The number of hydrogen-bond acceptors (Lipinski definition) is 8. The summed E-state index contributed by atoms with van der Waals surface area (Å²) in [7, 11) is 0. The molecule has 0 atom stereocenters. The molecule has 0 fully saturated rings. The Bertz CT molecular complexity index is 806. The Kier molecular flexibility index (Phi) is 5.46. The number of nitrogens with zero attached hydrogens (tertiary/aromatic N) is 2. The highest BCUT2D eigenvalue weighted by Gasteiger charge is 2.19. The molecule has 0 aliphatic heterocycles. The van der Waals surface area contributed by atoms with Crippen LogP contribution in [0.25, 0.3) is 0 Å². The van der Waals surface area contributed by atoms with Crippen molar-refractivity contribution in [3.05, 3.63) is 68.3 Å². The number of esters is 1. The Morgan fingerprint density at radius 3 is 2.28 bits per heavy atom. The van der Waals surface area contributed by atoms with Crippen LogP contribution in [0.5, 0.6) is 0 Å². The second-order valence-electron chi connectivity index (χ2n) is 4.76. The van der Waals surface area contributed by atoms with Gasteiger partial charge >= 0.3 is 11.7 Å². The predicted octanol–water partition coefficient (Wildman–Crippen LogP) is 3.12. The van der Waals surface area contributed by atoms with Crippen LogP contribution in [-0.2, 0) is 4.74 Å². The van der Waals surface area contributed by atoms with Crippen molar-refractivity contribution in [2.24, 2.45) is 0 Å². The molecule has 0 heterocycles. The zero-order chi connectivity index (χ0) is 18.4. The van der Waals surface area contributed by atoms with Crippen LogP contribution in [-0.4, -0.2) is 22.4 Å². The number of benzene rings is 2. The van der Waals surface area contributed by atoms with Crippen LogP contribution in [0.2, 0.25) is 0 Å². The topological polar surface area (TPSA) is 137 Å². The zero-order valence-electron chi connectivity index (χ0n) is 13.1. The van der Waals surface area contributed by atoms with Gasteiger partial charge in [0, 0.05) is 6.07 Å². The summed E-state index contributed by atoms with van der Waals surface area (Å²) in [5, 5.41) is 21.8. The van der Waals surface area contributed by atoms with E-state index in [1.54, 1.807) is 19.1 Å². The third-order valence-corrected chi connectivity index (χ3v) is 3.13. The van der Waals surface area contributed by atoms with Crippen molar-refractivity contribution in [2.75, 3.05) is 17.5 Å². The van der Waals surface area contributed by atoms with E-state index in [-0.39, 0.29) is 18.0 Å². The number of carbonyl (C=O) groups excluding carboxylic acids is 1. The molecule has 130 valence electrons. The van der Waals surface area contributed by atoms with Crippen molar-refractivity contribution >= 4 is 28.7 Å². The third kappa shape index (κ3) is 4.41. The number of carbonyl (C=O) groups is 1. The Morgan fingerprint density at radius 1 is 1.04 bits per heavy atom. The van der Waals surface area contributed by atoms with E-state index in [2.05, 4.69) is 10.9 Å². The molecule has 0 radical (unpaired) electrons. The van der Waals surface area contributed by atoms with Gasteiger partial charge in [0.15, 0.2) is 0 Å². The van der Waals surface area contributed by atoms with Crippen molar-refractivity contribution in [1.82, 2.24) is 0 Å². The van der Waals surface area contributed by atoms with Crippen molar-refractivity contribution in [1.29, 1.82) is 0 Å². The largest absolute Gasteiger partial charge is 0.462 e. The average molecular weight is 346 g/mol. The van der Waals surface area contributed by atoms with Crippen LogP contribution in [0.15, 0.2) is 42.5 Å². The first-order valence-corrected chi connectivity index (χ1v) is 7.14. The number of nitro benzene ring substituents is 2. The lowest BCUT2D eigenvalue weighted by Gasteiger charge is -2.10. The molecule has 0 amide bonds. The third-order valence-electron chi connectivity index (χ3n) is 3.13. The molecule has 0 aliphatic carbocycles. The lowest BCUT2D eigenvalue weighted by atomic mass is 10.2. The molecule has 0 bridgehead atoms. The Labute approximate surface area is 141 Å². The number of nitrogens with one attached hydrogen (secondary N) is 2. The fourth-order valence-corrected chi connectivity index (χ4v) is 1.93. The van der Waals surface area contributed by atoms with Gasteiger partial charge in [-0.25, -0.2) is 4.79 Å². The monoisotopic (exact) mass is 346 g/mol. The van der Waals surface area contributed by atoms with Crippen LogP contribution in [0.1, 0.15) is 17.3 Å². The van der Waals surface area contributed by atoms with Crippen LogP contribution < -0.4 is 10.9 Å². The minimum atomic E-state index is -0.721. The first-order valence-electron chi connectivity index (χ1n) is 7.14. The maximum atomic E-state index is 11.6. The summed E-state index contributed by atoms with van der Waals surface area (Å²) in [6.45, 7) is 1.97. The Hall–Kier alpha value is -3.69. The Morgan fingerprint density at radius 2 is 1.72 bits per heavy atom. The minimum absolute atomic E-state index is 0.0602. The number of anilines is 2. The van der Waals surface area contributed by atoms with Gasteiger partial charge in [-0.15, -0.1) is 0 Å². The molecule has 0 aromatic heterocycles. The maximum absolute atomic E-state index is 11.6. The average Bonchev–Trinajstić information content (AvgIpc) is 2.60. The summed E-state index contributed by atoms with van der Waals surface area (Å²) in [4.78, 5) is 31.9. The van der Waals surface area contributed by atoms with E-state index in [4.69, 9.17) is 4.74 Å². The standard InChI is InChI=1S/C15H14N4O6/c1-2-25-15(20)10-3-5-11(6-4-10)16-17-13-8-7-12(18(21)22)9-14(13)19(23)24/h3-9,16-17H,2H2,1H3. The van der Waals surface area contributed by atoms with Gasteiger partial charge in [-0.2, -0.15) is 0 Å². The van der Waals surface area contributed by atoms with Gasteiger partial charge in [-0.1, -0.05) is 0 Å². The van der Waals surface area contributed by atoms with Crippen LogP contribution in [0, 0.1) is 20.2 Å². The van der Waals surface area contributed by atoms with E-state index < -0.39 is 21.5 Å². The minimum Gasteiger partial charge on any atom is -0.462 e. The molecule has 0 saturated heterocycles. The van der Waals surface area contributed by atoms with E-state index >= 15 is 0 Å². The first kappa shape index (κ1) is 17.7. The molecule has 2 aromatic rings. The number of nitro groups is 2. The molecule has 10 heteroatoms. The highest BCUT2D eigenvalue weighted by atomic mass is 16.6. The number of hydrogen-bond donors (Lipinski definition) is 2. The first-order chi connectivity index (χ1) is 11.9. The van der Waals surface area contributed by atoms with Gasteiger partial charge < -0.3 is 10.2 Å². The molecule has 2 aromatic carbocycles. The number of ether oxygens (including phenoxy) is 1. The fourth-order valence-electron chi connectivity index (χ4n) is 1.93. The van der Waals surface area contributed by atoms with Gasteiger partial charge in [-0.3, -0.25) is 25.7 Å². The number of hydrazine groups is 1. The number of rotatable bonds is 7. The quantitative estimate of drug-likeness (QED) is 0.443. The fraction of sp³-hybridized carbons (Fsp3) is 0.133. The van der Waals surface area contributed by atoms with Crippen LogP contribution in [0.3, 0.4) is 0 Å². The molecule has 0 unspecified atom stereocenters. The highest BCUT2D eigenvalue weighted by Crippen LogP contribution is 2.29. The van der Waals surface area contributed by atoms with Crippen molar-refractivity contribution in [3.63, 3.8) is 0 Å². The number of non-ortho nitro benzene ring substituents is 1. The molecular weight excluding hydrogens is 332 g/mol.